The van der Waals surface area contributed by atoms with Crippen LogP contribution in [-0.4, -0.2) is 56.0 Å². The highest BCUT2D eigenvalue weighted by Gasteiger charge is 2.37. The second-order valence-corrected chi connectivity index (χ2v) is 12.4. The van der Waals surface area contributed by atoms with Gasteiger partial charge >= 0.3 is 5.97 Å². The van der Waals surface area contributed by atoms with Crippen LogP contribution in [0.3, 0.4) is 0 Å². The molecule has 1 saturated heterocycles. The van der Waals surface area contributed by atoms with Gasteiger partial charge in [-0.3, -0.25) is 9.59 Å². The molecule has 8 nitrogen and oxygen atoms in total. The summed E-state index contributed by atoms with van der Waals surface area (Å²) in [5.74, 6) is -0.870. The molecule has 0 saturated carbocycles. The van der Waals surface area contributed by atoms with Crippen molar-refractivity contribution >= 4 is 33.2 Å². The molecule has 186 valence electrons. The van der Waals surface area contributed by atoms with Crippen LogP contribution in [0.5, 0.6) is 5.75 Å². The number of rotatable bonds is 8. The Morgan fingerprint density at radius 2 is 1.76 bits per heavy atom. The first kappa shape index (κ1) is 26.2. The molecule has 0 unspecified atom stereocenters. The lowest BCUT2D eigenvalue weighted by molar-refractivity contribution is -0.143. The Morgan fingerprint density at radius 3 is 2.29 bits per heavy atom. The molecule has 10 heteroatoms. The van der Waals surface area contributed by atoms with E-state index in [9.17, 15) is 23.1 Å². The van der Waals surface area contributed by atoms with E-state index >= 15 is 0 Å². The maximum Gasteiger partial charge on any atom is 0.322 e. The number of thiophene rings is 1. The molecule has 0 aliphatic carbocycles. The number of carboxylic acid groups (broad SMARTS) is 1. The molecular weight excluding hydrogens is 476 g/mol. The van der Waals surface area contributed by atoms with E-state index in [2.05, 4.69) is 4.72 Å². The molecule has 1 aromatic carbocycles. The fourth-order valence-corrected chi connectivity index (χ4v) is 6.57. The van der Waals surface area contributed by atoms with Crippen molar-refractivity contribution in [3.05, 3.63) is 36.4 Å². The number of carbonyl (C=O) groups excluding carboxylic acids is 1. The highest BCUT2D eigenvalue weighted by Crippen LogP contribution is 2.33. The summed E-state index contributed by atoms with van der Waals surface area (Å²) < 4.78 is 34.0. The number of amides is 1. The SMILES string of the molecule is CCOc1ccc(-c2ccc(S(=O)(=O)N[C@@H](C(=O)O)C3CCN(C(=O)C(C)(C)C)CC3)s2)cc1. The van der Waals surface area contributed by atoms with E-state index in [1.165, 1.54) is 6.07 Å². The zero-order chi connectivity index (χ0) is 25.1. The quantitative estimate of drug-likeness (QED) is 0.560. The Labute approximate surface area is 205 Å². The van der Waals surface area contributed by atoms with Gasteiger partial charge in [-0.1, -0.05) is 20.8 Å². The van der Waals surface area contributed by atoms with Gasteiger partial charge in [0.25, 0.3) is 10.0 Å². The highest BCUT2D eigenvalue weighted by molar-refractivity contribution is 7.91. The van der Waals surface area contributed by atoms with Crippen LogP contribution in [-0.2, 0) is 19.6 Å². The van der Waals surface area contributed by atoms with Gasteiger partial charge in [0.05, 0.1) is 6.61 Å². The summed E-state index contributed by atoms with van der Waals surface area (Å²) in [7, 11) is -4.03. The van der Waals surface area contributed by atoms with Crippen molar-refractivity contribution in [3.63, 3.8) is 0 Å². The lowest BCUT2D eigenvalue weighted by Gasteiger charge is -2.37. The van der Waals surface area contributed by atoms with Gasteiger partial charge < -0.3 is 14.7 Å². The van der Waals surface area contributed by atoms with Gasteiger partial charge in [0.2, 0.25) is 5.91 Å². The first-order valence-electron chi connectivity index (χ1n) is 11.3. The molecule has 2 aromatic rings. The lowest BCUT2D eigenvalue weighted by Crippen LogP contribution is -2.51. The standard InChI is InChI=1S/C24H32N2O6S2/c1-5-32-18-8-6-16(7-9-18)19-10-11-20(33-19)34(30,31)25-21(22(27)28)17-12-14-26(15-13-17)23(29)24(2,3)4/h6-11,17,21,25H,5,12-15H2,1-4H3,(H,27,28)/t21-/m1/s1. The Bertz CT molecular complexity index is 1110. The van der Waals surface area contributed by atoms with Crippen LogP contribution < -0.4 is 9.46 Å². The number of carboxylic acids is 1. The number of benzene rings is 1. The maximum atomic E-state index is 13.0. The number of sulfonamides is 1. The van der Waals surface area contributed by atoms with Crippen LogP contribution in [0.25, 0.3) is 10.4 Å². The smallest absolute Gasteiger partial charge is 0.322 e. The summed E-state index contributed by atoms with van der Waals surface area (Å²) in [6.07, 6.45) is 0.840. The van der Waals surface area contributed by atoms with Crippen LogP contribution in [0, 0.1) is 11.3 Å². The molecule has 1 fully saturated rings. The van der Waals surface area contributed by atoms with Crippen molar-refractivity contribution in [2.75, 3.05) is 19.7 Å². The third kappa shape index (κ3) is 6.17. The number of hydrogen-bond acceptors (Lipinski definition) is 6. The predicted octanol–water partition coefficient (Wildman–Crippen LogP) is 3.83. The number of carbonyl (C=O) groups is 2. The van der Waals surface area contributed by atoms with Gasteiger partial charge in [-0.25, -0.2) is 8.42 Å². The van der Waals surface area contributed by atoms with Gasteiger partial charge in [0.1, 0.15) is 16.0 Å². The van der Waals surface area contributed by atoms with E-state index < -0.39 is 33.4 Å². The highest BCUT2D eigenvalue weighted by atomic mass is 32.2. The first-order valence-corrected chi connectivity index (χ1v) is 13.6. The van der Waals surface area contributed by atoms with E-state index in [4.69, 9.17) is 4.74 Å². The Hall–Kier alpha value is -2.43. The third-order valence-electron chi connectivity index (χ3n) is 5.78. The van der Waals surface area contributed by atoms with Crippen molar-refractivity contribution in [3.8, 4) is 16.2 Å². The number of nitrogens with one attached hydrogen (secondary N) is 1. The summed E-state index contributed by atoms with van der Waals surface area (Å²) in [6, 6.07) is 9.29. The number of piperidine rings is 1. The predicted molar refractivity (Wildman–Crippen MR) is 131 cm³/mol. The Balaban J connectivity index is 1.70. The van der Waals surface area contributed by atoms with E-state index in [0.29, 0.717) is 32.5 Å². The van der Waals surface area contributed by atoms with Crippen molar-refractivity contribution in [2.24, 2.45) is 11.3 Å². The monoisotopic (exact) mass is 508 g/mol. The van der Waals surface area contributed by atoms with Crippen LogP contribution in [0.4, 0.5) is 0 Å². The zero-order valence-electron chi connectivity index (χ0n) is 19.9. The van der Waals surface area contributed by atoms with E-state index in [0.717, 1.165) is 27.5 Å². The average molecular weight is 509 g/mol. The van der Waals surface area contributed by atoms with Crippen LogP contribution in [0.2, 0.25) is 0 Å². The first-order chi connectivity index (χ1) is 15.9. The van der Waals surface area contributed by atoms with Crippen LogP contribution in [0.15, 0.2) is 40.6 Å². The number of likely N-dealkylation sites (tertiary alicyclic amines) is 1. The Kier molecular flexibility index (Phi) is 8.05. The number of aliphatic carboxylic acids is 1. The summed E-state index contributed by atoms with van der Waals surface area (Å²) in [6.45, 7) is 8.81. The maximum absolute atomic E-state index is 13.0. The summed E-state index contributed by atoms with van der Waals surface area (Å²) >= 11 is 1.08. The largest absolute Gasteiger partial charge is 0.494 e. The molecule has 1 aliphatic heterocycles. The van der Waals surface area contributed by atoms with Gasteiger partial charge in [0.15, 0.2) is 0 Å². The third-order valence-corrected chi connectivity index (χ3v) is 8.85. The minimum Gasteiger partial charge on any atom is -0.494 e. The molecule has 2 heterocycles. The molecule has 1 aliphatic rings. The van der Waals surface area contributed by atoms with Crippen molar-refractivity contribution in [1.29, 1.82) is 0 Å². The van der Waals surface area contributed by atoms with Crippen molar-refractivity contribution in [1.82, 2.24) is 9.62 Å². The zero-order valence-corrected chi connectivity index (χ0v) is 21.5. The Morgan fingerprint density at radius 1 is 1.15 bits per heavy atom. The second kappa shape index (κ2) is 10.5. The topological polar surface area (TPSA) is 113 Å². The summed E-state index contributed by atoms with van der Waals surface area (Å²) in [5, 5.41) is 9.78. The molecule has 0 radical (unpaired) electrons. The fraction of sp³-hybridized carbons (Fsp3) is 0.500. The lowest BCUT2D eigenvalue weighted by atomic mass is 9.87. The molecule has 2 N–H and O–H groups in total. The average Bonchev–Trinajstić information content (AvgIpc) is 3.28. The van der Waals surface area contributed by atoms with Gasteiger partial charge in [0, 0.05) is 23.4 Å². The molecule has 34 heavy (non-hydrogen) atoms. The minimum atomic E-state index is -4.03. The van der Waals surface area contributed by atoms with Crippen molar-refractivity contribution < 1.29 is 27.9 Å². The number of nitrogens with zero attached hydrogens (tertiary/aromatic N) is 1. The summed E-state index contributed by atoms with van der Waals surface area (Å²) in [5.41, 5.74) is 0.335. The molecular formula is C24H32N2O6S2. The minimum absolute atomic E-state index is 0.0128. The van der Waals surface area contributed by atoms with Crippen LogP contribution >= 0.6 is 11.3 Å². The molecule has 1 atom stereocenters. The van der Waals surface area contributed by atoms with Crippen LogP contribution in [0.1, 0.15) is 40.5 Å². The second-order valence-electron chi connectivity index (χ2n) is 9.39. The normalized spacial score (nSPS) is 16.3. The molecule has 1 aromatic heterocycles. The van der Waals surface area contributed by atoms with Gasteiger partial charge in [-0.2, -0.15) is 4.72 Å². The van der Waals surface area contributed by atoms with Gasteiger partial charge in [-0.05, 0) is 67.6 Å². The van der Waals surface area contributed by atoms with Gasteiger partial charge in [-0.15, -0.1) is 11.3 Å². The van der Waals surface area contributed by atoms with Crippen molar-refractivity contribution in [2.45, 2.75) is 50.8 Å². The molecule has 3 rings (SSSR count). The van der Waals surface area contributed by atoms with E-state index in [1.807, 2.05) is 52.0 Å². The van der Waals surface area contributed by atoms with E-state index in [-0.39, 0.29) is 10.1 Å². The molecule has 0 spiro atoms. The fourth-order valence-electron chi connectivity index (χ4n) is 3.99. The molecule has 0 bridgehead atoms. The number of hydrogen-bond donors (Lipinski definition) is 2. The molecule has 1 amide bonds. The number of ether oxygens (including phenoxy) is 1. The van der Waals surface area contributed by atoms with E-state index in [1.54, 1.807) is 11.0 Å². The summed E-state index contributed by atoms with van der Waals surface area (Å²) in [4.78, 5) is 27.0.